The highest BCUT2D eigenvalue weighted by atomic mass is 79.9. The van der Waals surface area contributed by atoms with E-state index in [0.717, 1.165) is 41.4 Å². The van der Waals surface area contributed by atoms with Crippen LogP contribution in [-0.4, -0.2) is 17.6 Å². The molecule has 4 N–H and O–H groups in total. The number of anilines is 1. The molecule has 3 rings (SSSR count). The molecule has 22 heavy (non-hydrogen) atoms. The third kappa shape index (κ3) is 2.58. The van der Waals surface area contributed by atoms with Crippen molar-refractivity contribution in [2.45, 2.75) is 44.7 Å². The minimum Gasteiger partial charge on any atom is -0.369 e. The van der Waals surface area contributed by atoms with E-state index < -0.39 is 5.66 Å². The summed E-state index contributed by atoms with van der Waals surface area (Å²) >= 11 is 10.1. The lowest BCUT2D eigenvalue weighted by Crippen LogP contribution is -2.58. The Balaban J connectivity index is 2.16. The number of hydrogen-bond acceptors (Lipinski definition) is 5. The number of halogens is 2. The molecule has 1 aliphatic heterocycles. The number of guanidine groups is 2. The van der Waals surface area contributed by atoms with Crippen molar-refractivity contribution in [3.8, 4) is 0 Å². The van der Waals surface area contributed by atoms with Gasteiger partial charge >= 0.3 is 0 Å². The number of hydrogen-bond donors (Lipinski definition) is 2. The predicted octanol–water partition coefficient (Wildman–Crippen LogP) is 3.52. The fraction of sp³-hybridized carbons (Fsp3) is 0.467. The third-order valence-electron chi connectivity index (χ3n) is 4.29. The zero-order valence-corrected chi connectivity index (χ0v) is 14.8. The van der Waals surface area contributed by atoms with E-state index in [1.165, 1.54) is 6.42 Å². The van der Waals surface area contributed by atoms with Crippen LogP contribution in [0.1, 0.15) is 37.7 Å². The monoisotopic (exact) mass is 383 g/mol. The zero-order chi connectivity index (χ0) is 15.9. The topological polar surface area (TPSA) is 80.0 Å². The van der Waals surface area contributed by atoms with Gasteiger partial charge in [0.05, 0.1) is 10.7 Å². The van der Waals surface area contributed by atoms with Crippen LogP contribution in [0.3, 0.4) is 0 Å². The number of aliphatic imine (C=N–C) groups is 2. The van der Waals surface area contributed by atoms with Crippen LogP contribution in [0.25, 0.3) is 0 Å². The second kappa shape index (κ2) is 5.74. The fourth-order valence-corrected chi connectivity index (χ4v) is 4.09. The highest BCUT2D eigenvalue weighted by Gasteiger charge is 2.43. The standard InChI is InChI=1S/C15H19BrClN5/c1-9-7-10(16)8-11(12(9)17)22-14(19)20-13(18)21-15(22)5-3-2-4-6-15/h7-8H,2-6H2,1H3,(H4,18,19,20,21). The Labute approximate surface area is 143 Å². The van der Waals surface area contributed by atoms with Gasteiger partial charge in [0.2, 0.25) is 11.9 Å². The Bertz CT molecular complexity index is 664. The van der Waals surface area contributed by atoms with E-state index in [0.29, 0.717) is 11.0 Å². The highest BCUT2D eigenvalue weighted by Crippen LogP contribution is 2.43. The molecule has 0 amide bonds. The van der Waals surface area contributed by atoms with Crippen molar-refractivity contribution in [3.63, 3.8) is 0 Å². The average Bonchev–Trinajstić information content (AvgIpc) is 2.44. The lowest BCUT2D eigenvalue weighted by Gasteiger charge is -2.46. The lowest BCUT2D eigenvalue weighted by atomic mass is 9.87. The molecule has 0 aromatic heterocycles. The minimum atomic E-state index is -0.467. The normalized spacial score (nSPS) is 20.8. The minimum absolute atomic E-state index is 0.249. The van der Waals surface area contributed by atoms with E-state index in [1.54, 1.807) is 0 Å². The Morgan fingerprint density at radius 2 is 1.91 bits per heavy atom. The molecule has 1 aliphatic carbocycles. The molecule has 5 nitrogen and oxygen atoms in total. The molecule has 7 heteroatoms. The van der Waals surface area contributed by atoms with Crippen LogP contribution < -0.4 is 16.4 Å². The molecule has 0 atom stereocenters. The highest BCUT2D eigenvalue weighted by molar-refractivity contribution is 9.10. The van der Waals surface area contributed by atoms with Crippen LogP contribution >= 0.6 is 27.5 Å². The average molecular weight is 385 g/mol. The van der Waals surface area contributed by atoms with Gasteiger partial charge in [-0.2, -0.15) is 4.99 Å². The van der Waals surface area contributed by atoms with Crippen molar-refractivity contribution in [2.24, 2.45) is 21.5 Å². The first kappa shape index (κ1) is 15.6. The maximum atomic E-state index is 6.55. The summed E-state index contributed by atoms with van der Waals surface area (Å²) in [7, 11) is 0. The quantitative estimate of drug-likeness (QED) is 0.777. The molecule has 1 heterocycles. The van der Waals surface area contributed by atoms with Crippen molar-refractivity contribution in [1.29, 1.82) is 0 Å². The molecule has 0 radical (unpaired) electrons. The first-order valence-corrected chi connectivity index (χ1v) is 8.55. The number of nitrogens with zero attached hydrogens (tertiary/aromatic N) is 3. The molecule has 1 fully saturated rings. The molecule has 118 valence electrons. The second-order valence-corrected chi connectivity index (χ2v) is 7.17. The number of benzene rings is 1. The first-order valence-electron chi connectivity index (χ1n) is 7.38. The van der Waals surface area contributed by atoms with Crippen LogP contribution in [-0.2, 0) is 0 Å². The summed E-state index contributed by atoms with van der Waals surface area (Å²) in [6, 6.07) is 3.94. The molecule has 1 spiro atoms. The van der Waals surface area contributed by atoms with Crippen LogP contribution in [0.15, 0.2) is 26.6 Å². The summed E-state index contributed by atoms with van der Waals surface area (Å²) in [6.45, 7) is 1.97. The van der Waals surface area contributed by atoms with E-state index in [-0.39, 0.29) is 5.96 Å². The van der Waals surface area contributed by atoms with E-state index in [1.807, 2.05) is 24.0 Å². The van der Waals surface area contributed by atoms with Gasteiger partial charge in [-0.05, 0) is 50.3 Å². The maximum Gasteiger partial charge on any atom is 0.220 e. The number of rotatable bonds is 1. The molecule has 1 aromatic rings. The molecule has 0 saturated heterocycles. The number of nitrogens with two attached hydrogens (primary N) is 2. The summed E-state index contributed by atoms with van der Waals surface area (Å²) in [4.78, 5) is 10.8. The Morgan fingerprint density at radius 1 is 1.23 bits per heavy atom. The van der Waals surface area contributed by atoms with Gasteiger partial charge in [0, 0.05) is 4.47 Å². The van der Waals surface area contributed by atoms with Gasteiger partial charge in [-0.1, -0.05) is 34.0 Å². The maximum absolute atomic E-state index is 6.55. The van der Waals surface area contributed by atoms with Crippen LogP contribution in [0.5, 0.6) is 0 Å². The van der Waals surface area contributed by atoms with Crippen LogP contribution in [0.4, 0.5) is 5.69 Å². The van der Waals surface area contributed by atoms with Gasteiger partial charge in [-0.15, -0.1) is 0 Å². The molecule has 0 unspecified atom stereocenters. The summed E-state index contributed by atoms with van der Waals surface area (Å²) in [5.74, 6) is 0.604. The summed E-state index contributed by atoms with van der Waals surface area (Å²) in [5, 5.41) is 0.668. The Hall–Kier alpha value is -1.27. The van der Waals surface area contributed by atoms with E-state index in [9.17, 15) is 0 Å². The largest absolute Gasteiger partial charge is 0.369 e. The fourth-order valence-electron chi connectivity index (χ4n) is 3.34. The van der Waals surface area contributed by atoms with E-state index in [2.05, 4.69) is 25.9 Å². The predicted molar refractivity (Wildman–Crippen MR) is 95.4 cm³/mol. The summed E-state index contributed by atoms with van der Waals surface area (Å²) < 4.78 is 0.950. The van der Waals surface area contributed by atoms with Crippen molar-refractivity contribution in [1.82, 2.24) is 0 Å². The Kier molecular flexibility index (Phi) is 4.07. The SMILES string of the molecule is Cc1cc(Br)cc(N2C(N)=NC(N)=NC23CCCCC3)c1Cl. The van der Waals surface area contributed by atoms with E-state index in [4.69, 9.17) is 23.1 Å². The van der Waals surface area contributed by atoms with Crippen LogP contribution in [0.2, 0.25) is 5.02 Å². The second-order valence-electron chi connectivity index (χ2n) is 5.87. The summed E-state index contributed by atoms with van der Waals surface area (Å²) in [6.07, 6.45) is 5.17. The smallest absolute Gasteiger partial charge is 0.220 e. The van der Waals surface area contributed by atoms with Crippen molar-refractivity contribution in [3.05, 3.63) is 27.2 Å². The van der Waals surface area contributed by atoms with Gasteiger partial charge in [0.1, 0.15) is 5.66 Å². The molecule has 2 aliphatic rings. The lowest BCUT2D eigenvalue weighted by molar-refractivity contribution is 0.305. The first-order chi connectivity index (χ1) is 10.4. The zero-order valence-electron chi connectivity index (χ0n) is 12.4. The van der Waals surface area contributed by atoms with Gasteiger partial charge in [0.25, 0.3) is 0 Å². The molecular formula is C15H19BrClN5. The van der Waals surface area contributed by atoms with Gasteiger partial charge < -0.3 is 11.5 Å². The van der Waals surface area contributed by atoms with Gasteiger partial charge in [-0.25, -0.2) is 4.99 Å². The van der Waals surface area contributed by atoms with Crippen molar-refractivity contribution in [2.75, 3.05) is 4.90 Å². The summed E-state index contributed by atoms with van der Waals surface area (Å²) in [5.41, 5.74) is 13.4. The van der Waals surface area contributed by atoms with Gasteiger partial charge in [-0.3, -0.25) is 4.90 Å². The number of aryl methyl sites for hydroxylation is 1. The van der Waals surface area contributed by atoms with E-state index >= 15 is 0 Å². The third-order valence-corrected chi connectivity index (χ3v) is 5.24. The molecular weight excluding hydrogens is 366 g/mol. The molecule has 1 saturated carbocycles. The molecule has 1 aromatic carbocycles. The van der Waals surface area contributed by atoms with Crippen LogP contribution in [0, 0.1) is 6.92 Å². The Morgan fingerprint density at radius 3 is 2.59 bits per heavy atom. The van der Waals surface area contributed by atoms with Gasteiger partial charge in [0.15, 0.2) is 0 Å². The van der Waals surface area contributed by atoms with Crippen molar-refractivity contribution < 1.29 is 0 Å². The van der Waals surface area contributed by atoms with Crippen molar-refractivity contribution >= 4 is 45.1 Å². The molecule has 0 bridgehead atoms.